The summed E-state index contributed by atoms with van der Waals surface area (Å²) >= 11 is 6.75. The second kappa shape index (κ2) is 15.9. The Balaban J connectivity index is 1.01. The van der Waals surface area contributed by atoms with Gasteiger partial charge in [0, 0.05) is 43.2 Å². The molecule has 1 aliphatic carbocycles. The van der Waals surface area contributed by atoms with Gasteiger partial charge in [0.2, 0.25) is 23.6 Å². The number of ether oxygens (including phenoxy) is 2. The van der Waals surface area contributed by atoms with Crippen LogP contribution in [0.4, 0.5) is 0 Å². The number of carbonyl (C=O) groups is 2. The maximum absolute atomic E-state index is 11.6. The number of fused-ring (bicyclic) bond motifs is 2. The zero-order chi connectivity index (χ0) is 38.9. The van der Waals surface area contributed by atoms with Crippen molar-refractivity contribution in [2.24, 2.45) is 5.92 Å². The number of likely N-dealkylation sites (tertiary alicyclic amines) is 1. The highest BCUT2D eigenvalue weighted by molar-refractivity contribution is 6.31. The Morgan fingerprint density at radius 3 is 2.59 bits per heavy atom. The Hall–Kier alpha value is -5.48. The molecule has 0 spiro atoms. The number of carboxylic acid groups (broad SMARTS) is 1. The molecule has 5 aromatic rings. The van der Waals surface area contributed by atoms with Crippen LogP contribution < -0.4 is 20.1 Å². The molecule has 3 aliphatic rings. The highest BCUT2D eigenvalue weighted by Crippen LogP contribution is 2.43. The van der Waals surface area contributed by atoms with E-state index in [2.05, 4.69) is 51.7 Å². The van der Waals surface area contributed by atoms with E-state index in [9.17, 15) is 20.0 Å². The monoisotopic (exact) mass is 774 g/mol. The number of halogens is 1. The first-order valence-corrected chi connectivity index (χ1v) is 19.5. The number of nitrogens with one attached hydrogen (secondary N) is 2. The first-order chi connectivity index (χ1) is 27.2. The summed E-state index contributed by atoms with van der Waals surface area (Å²) in [7, 11) is 1.58. The van der Waals surface area contributed by atoms with Crippen LogP contribution in [0.5, 0.6) is 11.8 Å². The van der Waals surface area contributed by atoms with Crippen LogP contribution in [0.25, 0.3) is 33.7 Å². The number of rotatable bonds is 12. The second-order valence-corrected chi connectivity index (χ2v) is 15.3. The molecule has 2 aliphatic heterocycles. The van der Waals surface area contributed by atoms with Crippen LogP contribution in [-0.2, 0) is 29.1 Å². The lowest BCUT2D eigenvalue weighted by atomic mass is 9.91. The molecule has 12 nitrogen and oxygen atoms in total. The Morgan fingerprint density at radius 2 is 1.84 bits per heavy atom. The first kappa shape index (κ1) is 37.4. The number of nitriles is 1. The van der Waals surface area contributed by atoms with Crippen LogP contribution in [0.15, 0.2) is 59.0 Å². The molecule has 0 radical (unpaired) electrons. The SMILES string of the molecule is COc1nc(O[C@H]2CCc3c(-c4cccc(-c5nc6cc(CN7CCC(C(=O)O)CC7)cc(C#N)c6o5)c4C)cccc32)c(Cl)cc1CNCC1CCC(=O)N1. The third-order valence-electron chi connectivity index (χ3n) is 11.3. The van der Waals surface area contributed by atoms with Gasteiger partial charge in [0.05, 0.1) is 18.6 Å². The summed E-state index contributed by atoms with van der Waals surface area (Å²) < 4.78 is 18.4. The molecule has 56 heavy (non-hydrogen) atoms. The fraction of sp³-hybridized carbons (Fsp3) is 0.372. The summed E-state index contributed by atoms with van der Waals surface area (Å²) in [5.41, 5.74) is 9.52. The molecule has 2 saturated heterocycles. The lowest BCUT2D eigenvalue weighted by Gasteiger charge is -2.30. The lowest BCUT2D eigenvalue weighted by molar-refractivity contribution is -0.143. The number of aromatic nitrogens is 2. The summed E-state index contributed by atoms with van der Waals surface area (Å²) in [6, 6.07) is 20.4. The van der Waals surface area contributed by atoms with Crippen molar-refractivity contribution in [1.82, 2.24) is 25.5 Å². The molecule has 3 N–H and O–H groups in total. The topological polar surface area (TPSA) is 163 Å². The van der Waals surface area contributed by atoms with Crippen LogP contribution >= 0.6 is 11.6 Å². The quantitative estimate of drug-likeness (QED) is 0.118. The number of nitrogens with zero attached hydrogens (tertiary/aromatic N) is 4. The minimum Gasteiger partial charge on any atom is -0.481 e. The molecule has 13 heteroatoms. The number of oxazole rings is 1. The molecular formula is C43H43ClN6O6. The number of piperidine rings is 1. The predicted octanol–water partition coefficient (Wildman–Crippen LogP) is 7.13. The van der Waals surface area contributed by atoms with E-state index in [1.165, 1.54) is 5.56 Å². The minimum atomic E-state index is -0.734. The van der Waals surface area contributed by atoms with Crippen molar-refractivity contribution >= 4 is 34.6 Å². The van der Waals surface area contributed by atoms with Gasteiger partial charge in [0.1, 0.15) is 22.7 Å². The number of hydrogen-bond donors (Lipinski definition) is 3. The Bertz CT molecular complexity index is 2360. The molecule has 2 fully saturated rings. The Morgan fingerprint density at radius 1 is 1.05 bits per heavy atom. The van der Waals surface area contributed by atoms with Gasteiger partial charge in [-0.1, -0.05) is 41.9 Å². The highest BCUT2D eigenvalue weighted by atomic mass is 35.5. The van der Waals surface area contributed by atoms with E-state index in [1.54, 1.807) is 7.11 Å². The molecule has 1 amide bonds. The smallest absolute Gasteiger partial charge is 0.306 e. The van der Waals surface area contributed by atoms with Gasteiger partial charge in [-0.3, -0.25) is 14.5 Å². The van der Waals surface area contributed by atoms with Crippen LogP contribution in [0.3, 0.4) is 0 Å². The van der Waals surface area contributed by atoms with E-state index in [4.69, 9.17) is 30.5 Å². The molecule has 3 aromatic carbocycles. The van der Waals surface area contributed by atoms with E-state index in [-0.39, 0.29) is 24.0 Å². The zero-order valence-electron chi connectivity index (χ0n) is 31.4. The lowest BCUT2D eigenvalue weighted by Crippen LogP contribution is -2.35. The summed E-state index contributed by atoms with van der Waals surface area (Å²) in [6.45, 7) is 5.19. The largest absolute Gasteiger partial charge is 0.481 e. The van der Waals surface area contributed by atoms with Gasteiger partial charge in [-0.15, -0.1) is 0 Å². The van der Waals surface area contributed by atoms with Crippen LogP contribution in [0.2, 0.25) is 5.02 Å². The third kappa shape index (κ3) is 7.54. The van der Waals surface area contributed by atoms with Gasteiger partial charge in [-0.25, -0.2) is 4.98 Å². The van der Waals surface area contributed by atoms with Crippen molar-refractivity contribution in [1.29, 1.82) is 5.26 Å². The molecular weight excluding hydrogens is 732 g/mol. The molecule has 288 valence electrons. The van der Waals surface area contributed by atoms with Gasteiger partial charge in [-0.2, -0.15) is 10.2 Å². The van der Waals surface area contributed by atoms with Crippen molar-refractivity contribution in [2.75, 3.05) is 26.7 Å². The van der Waals surface area contributed by atoms with Gasteiger partial charge in [-0.05, 0) is 110 Å². The van der Waals surface area contributed by atoms with E-state index in [0.29, 0.717) is 91.3 Å². The molecule has 1 unspecified atom stereocenters. The first-order valence-electron chi connectivity index (χ1n) is 19.1. The minimum absolute atomic E-state index is 0.0843. The average Bonchev–Trinajstić information content (AvgIpc) is 3.94. The number of carbonyl (C=O) groups excluding carboxylic acids is 1. The third-order valence-corrected chi connectivity index (χ3v) is 11.6. The molecule has 8 rings (SSSR count). The number of pyridine rings is 1. The van der Waals surface area contributed by atoms with E-state index < -0.39 is 5.97 Å². The number of amides is 1. The predicted molar refractivity (Wildman–Crippen MR) is 210 cm³/mol. The van der Waals surface area contributed by atoms with Crippen molar-refractivity contribution in [3.63, 3.8) is 0 Å². The van der Waals surface area contributed by atoms with Crippen molar-refractivity contribution in [2.45, 2.75) is 70.7 Å². The van der Waals surface area contributed by atoms with Crippen LogP contribution in [0.1, 0.15) is 71.6 Å². The molecule has 2 aromatic heterocycles. The van der Waals surface area contributed by atoms with Crippen molar-refractivity contribution < 1.29 is 28.6 Å². The Kier molecular flexibility index (Phi) is 10.7. The highest BCUT2D eigenvalue weighted by Gasteiger charge is 2.30. The van der Waals surface area contributed by atoms with Gasteiger partial charge >= 0.3 is 5.97 Å². The standard InChI is InChI=1S/C43H43ClN6O6/c1-24-30(5-3-6-31(24)41-48-36-18-25(17-27(20-45)39(36)56-41)23-50-15-13-26(14-16-50)43(52)53)32-7-4-8-34-33(32)10-11-37(34)55-42-35(44)19-28(40(49-42)54-2)21-46-22-29-9-12-38(51)47-29/h3-8,17-19,26,29,37,46H,9-16,21-23H2,1-2H3,(H,47,51)(H,52,53)/t29?,37-/m0/s1. The van der Waals surface area contributed by atoms with Crippen molar-refractivity contribution in [3.8, 4) is 40.4 Å². The Labute approximate surface area is 329 Å². The number of benzene rings is 3. The molecule has 4 heterocycles. The summed E-state index contributed by atoms with van der Waals surface area (Å²) in [6.07, 6.45) is 3.90. The number of methoxy groups -OCH3 is 1. The van der Waals surface area contributed by atoms with Gasteiger partial charge in [0.15, 0.2) is 5.58 Å². The van der Waals surface area contributed by atoms with Crippen molar-refractivity contribution in [3.05, 3.63) is 93.0 Å². The average molecular weight is 775 g/mol. The van der Waals surface area contributed by atoms with E-state index >= 15 is 0 Å². The molecule has 2 atom stereocenters. The second-order valence-electron chi connectivity index (χ2n) is 14.9. The number of carboxylic acids is 1. The molecule has 0 bridgehead atoms. The van der Waals surface area contributed by atoms with E-state index in [0.717, 1.165) is 58.2 Å². The summed E-state index contributed by atoms with van der Waals surface area (Å²) in [4.78, 5) is 34.7. The summed E-state index contributed by atoms with van der Waals surface area (Å²) in [5, 5.41) is 26.2. The summed E-state index contributed by atoms with van der Waals surface area (Å²) in [5.74, 6) is 0.245. The van der Waals surface area contributed by atoms with Gasteiger partial charge < -0.3 is 29.6 Å². The van der Waals surface area contributed by atoms with Crippen LogP contribution in [0, 0.1) is 24.2 Å². The fourth-order valence-corrected chi connectivity index (χ4v) is 8.57. The fourth-order valence-electron chi connectivity index (χ4n) is 8.35. The normalized spacial score (nSPS) is 18.5. The van der Waals surface area contributed by atoms with Crippen LogP contribution in [-0.4, -0.2) is 64.6 Å². The van der Waals surface area contributed by atoms with E-state index in [1.807, 2.05) is 36.4 Å². The zero-order valence-corrected chi connectivity index (χ0v) is 32.1. The van der Waals surface area contributed by atoms with Gasteiger partial charge in [0.25, 0.3) is 0 Å². The number of aliphatic carboxylic acids is 1. The maximum atomic E-state index is 11.6. The number of hydrogen-bond acceptors (Lipinski definition) is 10. The maximum Gasteiger partial charge on any atom is 0.306 e. The molecule has 0 saturated carbocycles.